The van der Waals surface area contributed by atoms with Crippen LogP contribution in [0.2, 0.25) is 0 Å². The summed E-state index contributed by atoms with van der Waals surface area (Å²) in [6, 6.07) is 5.61. The Morgan fingerprint density at radius 1 is 1.10 bits per heavy atom. The Balaban J connectivity index is 1.56. The molecule has 9 unspecified atom stereocenters. The first-order valence-electron chi connectivity index (χ1n) is 12.3. The smallest absolute Gasteiger partial charge is 0.336 e. The third-order valence-corrected chi connectivity index (χ3v) is 6.95. The Labute approximate surface area is 222 Å². The van der Waals surface area contributed by atoms with Crippen LogP contribution in [0.15, 0.2) is 33.5 Å². The van der Waals surface area contributed by atoms with Crippen molar-refractivity contribution < 1.29 is 64.2 Å². The average molecular weight is 559 g/mol. The highest BCUT2D eigenvalue weighted by molar-refractivity contribution is 5.79. The number of hydrogen-bond donors (Lipinski definition) is 8. The molecule has 2 fully saturated rings. The number of aliphatic hydroxyl groups excluding tert-OH is 6. The molecule has 9 atom stereocenters. The van der Waals surface area contributed by atoms with Gasteiger partial charge in [0.15, 0.2) is 6.29 Å². The van der Waals surface area contributed by atoms with Gasteiger partial charge >= 0.3 is 5.63 Å². The first-order chi connectivity index (χ1) is 18.2. The van der Waals surface area contributed by atoms with E-state index in [1.807, 2.05) is 0 Å². The number of ether oxygens (including phenoxy) is 4. The second-order valence-electron chi connectivity index (χ2n) is 10.5. The number of fused-ring (bicyclic) bond motifs is 1. The molecule has 0 aliphatic carbocycles. The summed E-state index contributed by atoms with van der Waals surface area (Å²) in [5.41, 5.74) is -3.58. The van der Waals surface area contributed by atoms with Crippen molar-refractivity contribution in [3.8, 4) is 5.75 Å². The summed E-state index contributed by atoms with van der Waals surface area (Å²) in [5, 5.41) is 82.2. The first-order valence-corrected chi connectivity index (χ1v) is 12.3. The molecule has 0 amide bonds. The van der Waals surface area contributed by atoms with Crippen LogP contribution >= 0.6 is 0 Å². The summed E-state index contributed by atoms with van der Waals surface area (Å²) < 4.78 is 27.3. The van der Waals surface area contributed by atoms with Crippen molar-refractivity contribution in [3.63, 3.8) is 0 Å². The lowest BCUT2D eigenvalue weighted by molar-refractivity contribution is -0.289. The van der Waals surface area contributed by atoms with E-state index in [0.717, 1.165) is 0 Å². The second kappa shape index (κ2) is 11.3. The van der Waals surface area contributed by atoms with Gasteiger partial charge in [0.05, 0.1) is 31.5 Å². The Hall–Kier alpha value is -2.21. The predicted octanol–water partition coefficient (Wildman–Crippen LogP) is -2.89. The third-order valence-electron chi connectivity index (χ3n) is 6.95. The van der Waals surface area contributed by atoms with Gasteiger partial charge in [-0.25, -0.2) is 4.79 Å². The van der Waals surface area contributed by atoms with E-state index in [0.29, 0.717) is 10.9 Å². The van der Waals surface area contributed by atoms with Gasteiger partial charge in [-0.15, -0.1) is 0 Å². The van der Waals surface area contributed by atoms with Crippen molar-refractivity contribution >= 4 is 11.0 Å². The van der Waals surface area contributed by atoms with Crippen molar-refractivity contribution in [2.75, 3.05) is 19.8 Å². The maximum atomic E-state index is 11.7. The van der Waals surface area contributed by atoms with E-state index in [-0.39, 0.29) is 17.8 Å². The monoisotopic (exact) mass is 558 g/mol. The molecule has 1 aromatic heterocycles. The number of rotatable bonds is 9. The molecule has 218 valence electrons. The van der Waals surface area contributed by atoms with Gasteiger partial charge in [0.2, 0.25) is 6.29 Å². The highest BCUT2D eigenvalue weighted by Gasteiger charge is 2.50. The van der Waals surface area contributed by atoms with Crippen molar-refractivity contribution in [1.29, 1.82) is 0 Å². The van der Waals surface area contributed by atoms with Crippen LogP contribution in [0.3, 0.4) is 0 Å². The molecule has 2 saturated heterocycles. The highest BCUT2D eigenvalue weighted by Crippen LogP contribution is 2.32. The van der Waals surface area contributed by atoms with Crippen LogP contribution < -0.4 is 10.4 Å². The van der Waals surface area contributed by atoms with Gasteiger partial charge in [-0.1, -0.05) is 0 Å². The van der Waals surface area contributed by atoms with Gasteiger partial charge in [0.25, 0.3) is 0 Å². The molecule has 2 aliphatic rings. The van der Waals surface area contributed by atoms with E-state index < -0.39 is 85.9 Å². The molecule has 2 aromatic rings. The van der Waals surface area contributed by atoms with Gasteiger partial charge in [-0.3, -0.25) is 0 Å². The lowest BCUT2D eigenvalue weighted by Gasteiger charge is -2.40. The fourth-order valence-electron chi connectivity index (χ4n) is 4.27. The van der Waals surface area contributed by atoms with Crippen LogP contribution in [0.25, 0.3) is 11.0 Å². The molecule has 14 heteroatoms. The Morgan fingerprint density at radius 3 is 2.46 bits per heavy atom. The van der Waals surface area contributed by atoms with Gasteiger partial charge in [0, 0.05) is 23.9 Å². The second-order valence-corrected chi connectivity index (χ2v) is 10.5. The lowest BCUT2D eigenvalue weighted by Crippen LogP contribution is -2.60. The molecule has 0 saturated carbocycles. The van der Waals surface area contributed by atoms with E-state index in [1.165, 1.54) is 32.0 Å². The summed E-state index contributed by atoms with van der Waals surface area (Å²) in [6.07, 6.45) is -12.4. The fourth-order valence-corrected chi connectivity index (χ4v) is 4.27. The van der Waals surface area contributed by atoms with Gasteiger partial charge in [-0.05, 0) is 31.5 Å². The van der Waals surface area contributed by atoms with Gasteiger partial charge in [-0.2, -0.15) is 0 Å². The molecule has 3 heterocycles. The zero-order chi connectivity index (χ0) is 28.7. The van der Waals surface area contributed by atoms with Crippen molar-refractivity contribution in [1.82, 2.24) is 0 Å². The molecule has 0 spiro atoms. The summed E-state index contributed by atoms with van der Waals surface area (Å²) in [5.74, 6) is -0.00461. The third kappa shape index (κ3) is 6.26. The van der Waals surface area contributed by atoms with Crippen LogP contribution in [-0.2, 0) is 20.6 Å². The maximum absolute atomic E-state index is 11.7. The fraction of sp³-hybridized carbons (Fsp3) is 0.640. The Kier molecular flexibility index (Phi) is 8.66. The standard InChI is InChI=1S/C25H34O14/c1-24(2,33)16(27)6-12-5-11-3-4-17(28)37-13(11)7-14(12)38-22-20(31)19(30)18(29)15(39-22)8-35-23-21(32)25(34,9-26)10-36-23/h3-5,7,15-16,18-23,26-27,29-34H,6,8-10H2,1-2H3. The zero-order valence-electron chi connectivity index (χ0n) is 21.3. The van der Waals surface area contributed by atoms with Crippen LogP contribution in [0.5, 0.6) is 5.75 Å². The molecule has 39 heavy (non-hydrogen) atoms. The maximum Gasteiger partial charge on any atom is 0.336 e. The summed E-state index contributed by atoms with van der Waals surface area (Å²) in [6.45, 7) is 1.16. The summed E-state index contributed by atoms with van der Waals surface area (Å²) >= 11 is 0. The minimum absolute atomic E-state index is 0.00461. The highest BCUT2D eigenvalue weighted by atomic mass is 16.7. The molecular weight excluding hydrogens is 524 g/mol. The largest absolute Gasteiger partial charge is 0.462 e. The molecule has 2 aliphatic heterocycles. The van der Waals surface area contributed by atoms with Gasteiger partial charge in [0.1, 0.15) is 47.5 Å². The minimum Gasteiger partial charge on any atom is -0.462 e. The van der Waals surface area contributed by atoms with Crippen molar-refractivity contribution in [2.24, 2.45) is 0 Å². The molecular formula is C25H34O14. The average Bonchev–Trinajstić information content (AvgIpc) is 3.17. The van der Waals surface area contributed by atoms with E-state index in [2.05, 4.69) is 0 Å². The molecule has 14 nitrogen and oxygen atoms in total. The number of benzene rings is 1. The van der Waals surface area contributed by atoms with Crippen LogP contribution in [0.1, 0.15) is 19.4 Å². The SMILES string of the molecule is CC(C)(O)C(O)Cc1cc2ccc(=O)oc2cc1OC1OC(COC2OCC(O)(CO)C2O)C(O)C(O)C1O. The molecule has 0 radical (unpaired) electrons. The molecule has 8 N–H and O–H groups in total. The molecule has 4 rings (SSSR count). The van der Waals surface area contributed by atoms with E-state index in [9.17, 15) is 45.6 Å². The van der Waals surface area contributed by atoms with Crippen molar-refractivity contribution in [3.05, 3.63) is 40.2 Å². The summed E-state index contributed by atoms with van der Waals surface area (Å²) in [4.78, 5) is 11.7. The summed E-state index contributed by atoms with van der Waals surface area (Å²) in [7, 11) is 0. The first kappa shape index (κ1) is 29.8. The Bertz CT molecular complexity index is 1190. The van der Waals surface area contributed by atoms with E-state index in [4.69, 9.17) is 23.4 Å². The zero-order valence-corrected chi connectivity index (χ0v) is 21.3. The predicted molar refractivity (Wildman–Crippen MR) is 130 cm³/mol. The van der Waals surface area contributed by atoms with Crippen molar-refractivity contribution in [2.45, 2.75) is 80.7 Å². The minimum atomic E-state index is -1.94. The van der Waals surface area contributed by atoms with Gasteiger partial charge < -0.3 is 64.2 Å². The van der Waals surface area contributed by atoms with Crippen LogP contribution in [-0.4, -0.2) is 121 Å². The lowest BCUT2D eigenvalue weighted by atomic mass is 9.94. The molecule has 0 bridgehead atoms. The normalized spacial score (nSPS) is 34.4. The Morgan fingerprint density at radius 2 is 1.82 bits per heavy atom. The number of hydrogen-bond acceptors (Lipinski definition) is 14. The number of aliphatic hydroxyl groups is 8. The van der Waals surface area contributed by atoms with E-state index >= 15 is 0 Å². The quantitative estimate of drug-likeness (QED) is 0.145. The topological polar surface area (TPSA) is 229 Å². The van der Waals surface area contributed by atoms with Crippen LogP contribution in [0.4, 0.5) is 0 Å². The molecule has 1 aromatic carbocycles. The van der Waals surface area contributed by atoms with Crippen LogP contribution in [0, 0.1) is 0 Å². The van der Waals surface area contributed by atoms with E-state index in [1.54, 1.807) is 6.07 Å².